The van der Waals surface area contributed by atoms with Crippen molar-refractivity contribution in [1.82, 2.24) is 9.97 Å². The van der Waals surface area contributed by atoms with Crippen molar-refractivity contribution in [2.75, 3.05) is 24.4 Å². The standard InChI is InChI=1S/C12H23N5O/c1-5-6-9-15-10(7-11(16-9)17-13)14-8-12(2,3)18-4/h7H,5-6,8,13H2,1-4H3,(H2,14,15,16,17). The Morgan fingerprint density at radius 1 is 1.33 bits per heavy atom. The number of aromatic nitrogens is 2. The number of methoxy groups -OCH3 is 1. The predicted molar refractivity (Wildman–Crippen MR) is 73.4 cm³/mol. The monoisotopic (exact) mass is 253 g/mol. The van der Waals surface area contributed by atoms with E-state index in [-0.39, 0.29) is 5.60 Å². The van der Waals surface area contributed by atoms with Crippen molar-refractivity contribution in [1.29, 1.82) is 0 Å². The zero-order valence-corrected chi connectivity index (χ0v) is 11.6. The van der Waals surface area contributed by atoms with Crippen LogP contribution in [0.5, 0.6) is 0 Å². The maximum absolute atomic E-state index is 5.40. The first kappa shape index (κ1) is 14.7. The van der Waals surface area contributed by atoms with E-state index in [0.717, 1.165) is 24.5 Å². The van der Waals surface area contributed by atoms with Crippen LogP contribution in [0.1, 0.15) is 33.0 Å². The van der Waals surface area contributed by atoms with Crippen molar-refractivity contribution in [3.63, 3.8) is 0 Å². The molecule has 0 radical (unpaired) electrons. The molecular formula is C12H23N5O. The number of nitrogens with two attached hydrogens (primary N) is 1. The average molecular weight is 253 g/mol. The van der Waals surface area contributed by atoms with Gasteiger partial charge in [-0.25, -0.2) is 15.8 Å². The minimum Gasteiger partial charge on any atom is -0.377 e. The molecule has 1 aromatic heterocycles. The highest BCUT2D eigenvalue weighted by Gasteiger charge is 2.16. The Morgan fingerprint density at radius 3 is 2.56 bits per heavy atom. The molecule has 0 unspecified atom stereocenters. The second kappa shape index (κ2) is 6.51. The van der Waals surface area contributed by atoms with E-state index in [0.29, 0.717) is 12.4 Å². The highest BCUT2D eigenvalue weighted by molar-refractivity contribution is 5.47. The van der Waals surface area contributed by atoms with Crippen LogP contribution in [0.15, 0.2) is 6.07 Å². The van der Waals surface area contributed by atoms with E-state index in [1.807, 2.05) is 13.8 Å². The largest absolute Gasteiger partial charge is 0.377 e. The molecule has 0 saturated carbocycles. The molecule has 6 heteroatoms. The first-order chi connectivity index (χ1) is 8.50. The summed E-state index contributed by atoms with van der Waals surface area (Å²) < 4.78 is 5.35. The molecule has 0 spiro atoms. The Bertz CT molecular complexity index is 381. The van der Waals surface area contributed by atoms with Gasteiger partial charge in [0.05, 0.1) is 5.60 Å². The number of hydrogen-bond donors (Lipinski definition) is 3. The minimum absolute atomic E-state index is 0.244. The van der Waals surface area contributed by atoms with Crippen LogP contribution >= 0.6 is 0 Å². The Kier molecular flexibility index (Phi) is 5.30. The van der Waals surface area contributed by atoms with E-state index in [4.69, 9.17) is 10.6 Å². The van der Waals surface area contributed by atoms with Gasteiger partial charge in [-0.3, -0.25) is 0 Å². The molecule has 0 saturated heterocycles. The van der Waals surface area contributed by atoms with E-state index in [2.05, 4.69) is 27.6 Å². The van der Waals surface area contributed by atoms with Gasteiger partial charge in [-0.15, -0.1) is 0 Å². The van der Waals surface area contributed by atoms with Crippen molar-refractivity contribution in [3.05, 3.63) is 11.9 Å². The number of aryl methyl sites for hydroxylation is 1. The molecule has 6 nitrogen and oxygen atoms in total. The summed E-state index contributed by atoms with van der Waals surface area (Å²) >= 11 is 0. The van der Waals surface area contributed by atoms with E-state index >= 15 is 0 Å². The lowest BCUT2D eigenvalue weighted by Gasteiger charge is -2.23. The molecule has 0 bridgehead atoms. The second-order valence-electron chi connectivity index (χ2n) is 4.77. The minimum atomic E-state index is -0.244. The highest BCUT2D eigenvalue weighted by atomic mass is 16.5. The number of nitrogens with one attached hydrogen (secondary N) is 2. The Balaban J connectivity index is 2.78. The van der Waals surface area contributed by atoms with Crippen LogP contribution in [0.25, 0.3) is 0 Å². The van der Waals surface area contributed by atoms with Crippen molar-refractivity contribution in [2.24, 2.45) is 5.84 Å². The SMILES string of the molecule is CCCc1nc(NN)cc(NCC(C)(C)OC)n1. The van der Waals surface area contributed by atoms with Crippen LogP contribution in [-0.4, -0.2) is 29.2 Å². The number of hydrogen-bond acceptors (Lipinski definition) is 6. The summed E-state index contributed by atoms with van der Waals surface area (Å²) in [5.74, 6) is 7.56. The molecule has 0 aliphatic carbocycles. The summed E-state index contributed by atoms with van der Waals surface area (Å²) in [5.41, 5.74) is 2.31. The third kappa shape index (κ3) is 4.46. The van der Waals surface area contributed by atoms with E-state index in [1.165, 1.54) is 0 Å². The molecule has 0 aromatic carbocycles. The fraction of sp³-hybridized carbons (Fsp3) is 0.667. The van der Waals surface area contributed by atoms with Crippen molar-refractivity contribution < 1.29 is 4.74 Å². The van der Waals surface area contributed by atoms with E-state index in [1.54, 1.807) is 13.2 Å². The van der Waals surface area contributed by atoms with Crippen LogP contribution in [0.2, 0.25) is 0 Å². The number of hydrazine groups is 1. The molecule has 4 N–H and O–H groups in total. The zero-order valence-electron chi connectivity index (χ0n) is 11.6. The molecule has 102 valence electrons. The Labute approximate surface area is 108 Å². The first-order valence-corrected chi connectivity index (χ1v) is 6.14. The van der Waals surface area contributed by atoms with E-state index in [9.17, 15) is 0 Å². The number of ether oxygens (including phenoxy) is 1. The lowest BCUT2D eigenvalue weighted by atomic mass is 10.1. The second-order valence-corrected chi connectivity index (χ2v) is 4.77. The van der Waals surface area contributed by atoms with Gasteiger partial charge in [0.2, 0.25) is 0 Å². The smallest absolute Gasteiger partial charge is 0.145 e. The van der Waals surface area contributed by atoms with Crippen LogP contribution in [0, 0.1) is 0 Å². The molecule has 0 atom stereocenters. The molecular weight excluding hydrogens is 230 g/mol. The topological polar surface area (TPSA) is 85.1 Å². The average Bonchev–Trinajstić information content (AvgIpc) is 2.37. The summed E-state index contributed by atoms with van der Waals surface area (Å²) in [6.07, 6.45) is 1.83. The number of rotatable bonds is 7. The van der Waals surface area contributed by atoms with Crippen molar-refractivity contribution >= 4 is 11.6 Å². The van der Waals surface area contributed by atoms with Crippen LogP contribution in [-0.2, 0) is 11.2 Å². The normalized spacial score (nSPS) is 11.4. The van der Waals surface area contributed by atoms with Gasteiger partial charge < -0.3 is 15.5 Å². The fourth-order valence-electron chi connectivity index (χ4n) is 1.37. The zero-order chi connectivity index (χ0) is 13.6. The Hall–Kier alpha value is -1.40. The van der Waals surface area contributed by atoms with Crippen LogP contribution in [0.3, 0.4) is 0 Å². The van der Waals surface area contributed by atoms with Gasteiger partial charge in [0.15, 0.2) is 0 Å². The molecule has 0 aliphatic heterocycles. The molecule has 18 heavy (non-hydrogen) atoms. The molecule has 0 aliphatic rings. The number of anilines is 2. The predicted octanol–water partition coefficient (Wildman–Crippen LogP) is 1.55. The maximum Gasteiger partial charge on any atom is 0.145 e. The summed E-state index contributed by atoms with van der Waals surface area (Å²) in [7, 11) is 1.69. The molecule has 1 aromatic rings. The molecule has 0 amide bonds. The summed E-state index contributed by atoms with van der Waals surface area (Å²) in [5, 5.41) is 3.24. The first-order valence-electron chi connectivity index (χ1n) is 6.14. The van der Waals surface area contributed by atoms with Gasteiger partial charge in [-0.2, -0.15) is 0 Å². The van der Waals surface area contributed by atoms with Gasteiger partial charge in [0.25, 0.3) is 0 Å². The molecule has 0 fully saturated rings. The maximum atomic E-state index is 5.40. The van der Waals surface area contributed by atoms with E-state index < -0.39 is 0 Å². The van der Waals surface area contributed by atoms with Gasteiger partial charge in [0, 0.05) is 26.1 Å². The summed E-state index contributed by atoms with van der Waals surface area (Å²) in [6.45, 7) is 6.77. The summed E-state index contributed by atoms with van der Waals surface area (Å²) in [6, 6.07) is 1.78. The number of nitrogen functional groups attached to an aromatic ring is 1. The van der Waals surface area contributed by atoms with Gasteiger partial charge in [-0.05, 0) is 20.3 Å². The fourth-order valence-corrected chi connectivity index (χ4v) is 1.37. The number of nitrogens with zero attached hydrogens (tertiary/aromatic N) is 2. The van der Waals surface area contributed by atoms with Crippen LogP contribution in [0.4, 0.5) is 11.6 Å². The third-order valence-electron chi connectivity index (χ3n) is 2.64. The van der Waals surface area contributed by atoms with Crippen molar-refractivity contribution in [3.8, 4) is 0 Å². The lowest BCUT2D eigenvalue weighted by molar-refractivity contribution is 0.0343. The quantitative estimate of drug-likeness (QED) is 0.505. The van der Waals surface area contributed by atoms with Gasteiger partial charge >= 0.3 is 0 Å². The van der Waals surface area contributed by atoms with Crippen molar-refractivity contribution in [2.45, 2.75) is 39.2 Å². The third-order valence-corrected chi connectivity index (χ3v) is 2.64. The molecule has 1 heterocycles. The van der Waals surface area contributed by atoms with Gasteiger partial charge in [0.1, 0.15) is 17.5 Å². The lowest BCUT2D eigenvalue weighted by Crippen LogP contribution is -2.32. The van der Waals surface area contributed by atoms with Crippen LogP contribution < -0.4 is 16.6 Å². The summed E-state index contributed by atoms with van der Waals surface area (Å²) in [4.78, 5) is 8.72. The molecule has 1 rings (SSSR count). The Morgan fingerprint density at radius 2 is 2.00 bits per heavy atom. The van der Waals surface area contributed by atoms with Gasteiger partial charge in [-0.1, -0.05) is 6.92 Å². The highest BCUT2D eigenvalue weighted by Crippen LogP contribution is 2.14.